The molecule has 0 radical (unpaired) electrons. The standard InChI is InChI=1S/C15H23NO2/c1-10-7-6-8-12(11(10)2)14(18)16-9-13(17)15(3,4)5/h6-8,13,17H,9H2,1-5H3,(H,16,18). The van der Waals surface area contributed by atoms with Crippen LogP contribution < -0.4 is 5.32 Å². The monoisotopic (exact) mass is 249 g/mol. The van der Waals surface area contributed by atoms with E-state index in [2.05, 4.69) is 5.32 Å². The minimum absolute atomic E-state index is 0.125. The number of carbonyl (C=O) groups excluding carboxylic acids is 1. The Labute approximate surface area is 109 Å². The molecular weight excluding hydrogens is 226 g/mol. The third-order valence-corrected chi connectivity index (χ3v) is 3.30. The summed E-state index contributed by atoms with van der Waals surface area (Å²) in [7, 11) is 0. The summed E-state index contributed by atoms with van der Waals surface area (Å²) in [5.74, 6) is -0.125. The highest BCUT2D eigenvalue weighted by atomic mass is 16.3. The quantitative estimate of drug-likeness (QED) is 0.864. The van der Waals surface area contributed by atoms with Crippen molar-refractivity contribution in [2.75, 3.05) is 6.54 Å². The number of hydrogen-bond acceptors (Lipinski definition) is 2. The van der Waals surface area contributed by atoms with Gasteiger partial charge in [-0.3, -0.25) is 4.79 Å². The second kappa shape index (κ2) is 5.53. The van der Waals surface area contributed by atoms with Gasteiger partial charge in [0.2, 0.25) is 0 Å². The first kappa shape index (κ1) is 14.7. The highest BCUT2D eigenvalue weighted by Gasteiger charge is 2.22. The van der Waals surface area contributed by atoms with Crippen LogP contribution in [0.25, 0.3) is 0 Å². The van der Waals surface area contributed by atoms with Crippen LogP contribution in [0, 0.1) is 19.3 Å². The summed E-state index contributed by atoms with van der Waals surface area (Å²) in [6, 6.07) is 5.66. The summed E-state index contributed by atoms with van der Waals surface area (Å²) in [6.45, 7) is 10.0. The fourth-order valence-electron chi connectivity index (χ4n) is 1.59. The fraction of sp³-hybridized carbons (Fsp3) is 0.533. The van der Waals surface area contributed by atoms with E-state index in [1.807, 2.05) is 46.8 Å². The molecular formula is C15H23NO2. The summed E-state index contributed by atoms with van der Waals surface area (Å²) in [4.78, 5) is 12.0. The second-order valence-corrected chi connectivity index (χ2v) is 5.84. The van der Waals surface area contributed by atoms with Crippen molar-refractivity contribution >= 4 is 5.91 Å². The highest BCUT2D eigenvalue weighted by Crippen LogP contribution is 2.18. The van der Waals surface area contributed by atoms with E-state index < -0.39 is 6.10 Å². The number of hydrogen-bond donors (Lipinski definition) is 2. The predicted molar refractivity (Wildman–Crippen MR) is 73.7 cm³/mol. The third-order valence-electron chi connectivity index (χ3n) is 3.30. The first-order valence-electron chi connectivity index (χ1n) is 6.26. The zero-order valence-corrected chi connectivity index (χ0v) is 11.9. The van der Waals surface area contributed by atoms with Crippen LogP contribution in [0.5, 0.6) is 0 Å². The second-order valence-electron chi connectivity index (χ2n) is 5.84. The lowest BCUT2D eigenvalue weighted by atomic mass is 9.89. The Hall–Kier alpha value is -1.35. The van der Waals surface area contributed by atoms with E-state index in [-0.39, 0.29) is 17.9 Å². The van der Waals surface area contributed by atoms with Crippen molar-refractivity contribution in [3.8, 4) is 0 Å². The van der Waals surface area contributed by atoms with Gasteiger partial charge in [0.1, 0.15) is 0 Å². The van der Waals surface area contributed by atoms with E-state index in [0.717, 1.165) is 11.1 Å². The van der Waals surface area contributed by atoms with Gasteiger partial charge in [0.25, 0.3) is 5.91 Å². The predicted octanol–water partition coefficient (Wildman–Crippen LogP) is 2.44. The van der Waals surface area contributed by atoms with Crippen LogP contribution in [0.3, 0.4) is 0 Å². The number of amides is 1. The average molecular weight is 249 g/mol. The summed E-state index contributed by atoms with van der Waals surface area (Å²) in [6.07, 6.45) is -0.549. The normalized spacial score (nSPS) is 13.2. The summed E-state index contributed by atoms with van der Waals surface area (Å²) in [5, 5.41) is 12.7. The molecule has 2 N–H and O–H groups in total. The molecule has 0 fully saturated rings. The van der Waals surface area contributed by atoms with E-state index in [1.54, 1.807) is 6.07 Å². The maximum Gasteiger partial charge on any atom is 0.251 e. The van der Waals surface area contributed by atoms with Crippen LogP contribution in [-0.2, 0) is 0 Å². The van der Waals surface area contributed by atoms with Gasteiger partial charge in [-0.25, -0.2) is 0 Å². The molecule has 3 heteroatoms. The van der Waals surface area contributed by atoms with Gasteiger partial charge in [0, 0.05) is 12.1 Å². The van der Waals surface area contributed by atoms with Gasteiger partial charge in [0.15, 0.2) is 0 Å². The third kappa shape index (κ3) is 3.57. The minimum Gasteiger partial charge on any atom is -0.391 e. The van der Waals surface area contributed by atoms with Gasteiger partial charge >= 0.3 is 0 Å². The van der Waals surface area contributed by atoms with Crippen molar-refractivity contribution < 1.29 is 9.90 Å². The lowest BCUT2D eigenvalue weighted by Crippen LogP contribution is -2.39. The van der Waals surface area contributed by atoms with Crippen molar-refractivity contribution in [2.45, 2.75) is 40.7 Å². The molecule has 0 aliphatic rings. The molecule has 0 saturated heterocycles. The molecule has 0 spiro atoms. The summed E-state index contributed by atoms with van der Waals surface area (Å²) < 4.78 is 0. The van der Waals surface area contributed by atoms with E-state index in [4.69, 9.17) is 0 Å². The molecule has 0 aromatic heterocycles. The molecule has 0 aliphatic carbocycles. The Morgan fingerprint density at radius 2 is 1.94 bits per heavy atom. The smallest absolute Gasteiger partial charge is 0.251 e. The van der Waals surface area contributed by atoms with Crippen molar-refractivity contribution in [3.05, 3.63) is 34.9 Å². The summed E-state index contributed by atoms with van der Waals surface area (Å²) >= 11 is 0. The van der Waals surface area contributed by atoms with E-state index in [9.17, 15) is 9.90 Å². The van der Waals surface area contributed by atoms with E-state index >= 15 is 0 Å². The number of aliphatic hydroxyl groups excluding tert-OH is 1. The molecule has 100 valence electrons. The number of rotatable bonds is 3. The van der Waals surface area contributed by atoms with Crippen LogP contribution in [0.2, 0.25) is 0 Å². The number of aliphatic hydroxyl groups is 1. The average Bonchev–Trinajstić information content (AvgIpc) is 2.27. The molecule has 3 nitrogen and oxygen atoms in total. The minimum atomic E-state index is -0.549. The number of benzene rings is 1. The molecule has 1 amide bonds. The maximum absolute atomic E-state index is 12.0. The van der Waals surface area contributed by atoms with Gasteiger partial charge in [0.05, 0.1) is 6.10 Å². The first-order chi connectivity index (χ1) is 8.23. The zero-order chi connectivity index (χ0) is 13.9. The zero-order valence-electron chi connectivity index (χ0n) is 11.9. The van der Waals surface area contributed by atoms with Crippen LogP contribution in [0.4, 0.5) is 0 Å². The molecule has 1 rings (SSSR count). The largest absolute Gasteiger partial charge is 0.391 e. The SMILES string of the molecule is Cc1cccc(C(=O)NCC(O)C(C)(C)C)c1C. The van der Waals surface area contributed by atoms with Crippen molar-refractivity contribution in [3.63, 3.8) is 0 Å². The first-order valence-corrected chi connectivity index (χ1v) is 6.26. The topological polar surface area (TPSA) is 49.3 Å². The van der Waals surface area contributed by atoms with Crippen molar-refractivity contribution in [2.24, 2.45) is 5.41 Å². The van der Waals surface area contributed by atoms with E-state index in [0.29, 0.717) is 5.56 Å². The Kier molecular flexibility index (Phi) is 4.52. The van der Waals surface area contributed by atoms with Crippen molar-refractivity contribution in [1.29, 1.82) is 0 Å². The molecule has 18 heavy (non-hydrogen) atoms. The molecule has 0 saturated carbocycles. The molecule has 1 atom stereocenters. The van der Waals surface area contributed by atoms with Crippen LogP contribution in [0.15, 0.2) is 18.2 Å². The molecule has 1 aromatic rings. The van der Waals surface area contributed by atoms with Gasteiger partial charge in [-0.1, -0.05) is 32.9 Å². The lowest BCUT2D eigenvalue weighted by Gasteiger charge is -2.26. The molecule has 0 aliphatic heterocycles. The van der Waals surface area contributed by atoms with Gasteiger partial charge < -0.3 is 10.4 Å². The Balaban J connectivity index is 2.70. The Bertz CT molecular complexity index is 433. The van der Waals surface area contributed by atoms with Gasteiger partial charge in [-0.15, -0.1) is 0 Å². The van der Waals surface area contributed by atoms with Crippen molar-refractivity contribution in [1.82, 2.24) is 5.32 Å². The molecule has 0 heterocycles. The lowest BCUT2D eigenvalue weighted by molar-refractivity contribution is 0.0586. The number of aryl methyl sites for hydroxylation is 1. The highest BCUT2D eigenvalue weighted by molar-refractivity contribution is 5.95. The van der Waals surface area contributed by atoms with Gasteiger partial charge in [-0.05, 0) is 36.5 Å². The number of nitrogens with one attached hydrogen (secondary N) is 1. The molecule has 1 aromatic carbocycles. The summed E-state index contributed by atoms with van der Waals surface area (Å²) in [5.41, 5.74) is 2.53. The van der Waals surface area contributed by atoms with E-state index in [1.165, 1.54) is 0 Å². The Morgan fingerprint density at radius 3 is 2.50 bits per heavy atom. The van der Waals surface area contributed by atoms with Crippen LogP contribution in [0.1, 0.15) is 42.3 Å². The molecule has 1 unspecified atom stereocenters. The Morgan fingerprint density at radius 1 is 1.33 bits per heavy atom. The number of carbonyl (C=O) groups is 1. The van der Waals surface area contributed by atoms with Gasteiger partial charge in [-0.2, -0.15) is 0 Å². The molecule has 0 bridgehead atoms. The van der Waals surface area contributed by atoms with Crippen LogP contribution >= 0.6 is 0 Å². The maximum atomic E-state index is 12.0. The fourth-order valence-corrected chi connectivity index (χ4v) is 1.59. The van der Waals surface area contributed by atoms with Crippen LogP contribution in [-0.4, -0.2) is 23.7 Å².